The van der Waals surface area contributed by atoms with Crippen LogP contribution < -0.4 is 0 Å². The van der Waals surface area contributed by atoms with Gasteiger partial charge in [-0.2, -0.15) is 0 Å². The minimum absolute atomic E-state index is 0. The number of morpholine rings is 1. The summed E-state index contributed by atoms with van der Waals surface area (Å²) in [6, 6.07) is 0. The first-order chi connectivity index (χ1) is 14.3. The van der Waals surface area contributed by atoms with Crippen molar-refractivity contribution in [1.82, 2.24) is 14.7 Å². The zero-order valence-electron chi connectivity index (χ0n) is 19.8. The zero-order chi connectivity index (χ0) is 23.3. The molecule has 2 fully saturated rings. The van der Waals surface area contributed by atoms with Crippen molar-refractivity contribution in [2.75, 3.05) is 112 Å². The molecular weight excluding hydrogens is 426 g/mol. The Hall–Kier alpha value is -0.370. The number of rotatable bonds is 8. The lowest BCUT2D eigenvalue weighted by Gasteiger charge is -2.25. The Kier molecular flexibility index (Phi) is 27.6. The maximum absolute atomic E-state index is 11.0. The van der Waals surface area contributed by atoms with Gasteiger partial charge in [-0.25, -0.2) is 13.3 Å². The van der Waals surface area contributed by atoms with Crippen LogP contribution in [0.25, 0.3) is 0 Å². The molecule has 0 aliphatic carbocycles. The molecule has 0 saturated carbocycles. The summed E-state index contributed by atoms with van der Waals surface area (Å²) in [5.74, 6) is 0.605. The lowest BCUT2D eigenvalue weighted by Crippen LogP contribution is -2.41. The van der Waals surface area contributed by atoms with Crippen molar-refractivity contribution in [2.24, 2.45) is 0 Å². The van der Waals surface area contributed by atoms with Gasteiger partial charge in [-0.05, 0) is 14.1 Å². The maximum atomic E-state index is 11.0. The van der Waals surface area contributed by atoms with E-state index in [9.17, 15) is 8.42 Å². The van der Waals surface area contributed by atoms with Crippen molar-refractivity contribution < 1.29 is 32.8 Å². The number of methoxy groups -OCH3 is 2. The van der Waals surface area contributed by atoms with Crippen LogP contribution in [0.15, 0.2) is 0 Å². The van der Waals surface area contributed by atoms with Gasteiger partial charge in [0.25, 0.3) is 0 Å². The lowest BCUT2D eigenvalue weighted by molar-refractivity contribution is -0.264. The fourth-order valence-corrected chi connectivity index (χ4v) is 3.63. The predicted molar refractivity (Wildman–Crippen MR) is 126 cm³/mol. The second-order valence-electron chi connectivity index (χ2n) is 6.77. The summed E-state index contributed by atoms with van der Waals surface area (Å²) in [5, 5.41) is 7.70. The zero-order valence-corrected chi connectivity index (χ0v) is 20.7. The molecule has 2 saturated heterocycles. The molecule has 0 atom stereocenters. The summed E-state index contributed by atoms with van der Waals surface area (Å²) in [6.45, 7) is 12.9. The number of hydrogen-bond acceptors (Lipinski definition) is 10. The Bertz CT molecular complexity index is 434. The van der Waals surface area contributed by atoms with Crippen LogP contribution >= 0.6 is 0 Å². The van der Waals surface area contributed by atoms with Gasteiger partial charge in [-0.3, -0.25) is 20.0 Å². The average Bonchev–Trinajstić information content (AvgIpc) is 2.74. The number of hydrogen-bond donors (Lipinski definition) is 1. The molecule has 1 N–H and O–H groups in total. The van der Waals surface area contributed by atoms with Crippen LogP contribution in [0, 0.1) is 0 Å². The normalized spacial score (nSPS) is 18.3. The van der Waals surface area contributed by atoms with E-state index in [0.717, 1.165) is 46.0 Å². The first-order valence-electron chi connectivity index (χ1n) is 10.5. The molecule has 2 aliphatic heterocycles. The van der Waals surface area contributed by atoms with Gasteiger partial charge >= 0.3 is 0 Å². The molecule has 31 heavy (non-hydrogen) atoms. The van der Waals surface area contributed by atoms with Gasteiger partial charge in [0.15, 0.2) is 9.84 Å². The van der Waals surface area contributed by atoms with Crippen LogP contribution in [0.5, 0.6) is 0 Å². The minimum Gasteiger partial charge on any atom is -0.383 e. The van der Waals surface area contributed by atoms with E-state index in [2.05, 4.69) is 14.7 Å². The number of nitrogens with zero attached hydrogens (tertiary/aromatic N) is 3. The molecule has 0 aromatic carbocycles. The van der Waals surface area contributed by atoms with Crippen LogP contribution in [-0.4, -0.2) is 141 Å². The molecule has 11 heteroatoms. The van der Waals surface area contributed by atoms with Gasteiger partial charge in [0.2, 0.25) is 0 Å². The van der Waals surface area contributed by atoms with Gasteiger partial charge in [-0.1, -0.05) is 21.3 Å². The molecule has 0 aromatic rings. The molecule has 0 bridgehead atoms. The summed E-state index contributed by atoms with van der Waals surface area (Å²) in [6.07, 6.45) is 0. The minimum atomic E-state index is -2.72. The van der Waals surface area contributed by atoms with Gasteiger partial charge in [0.1, 0.15) is 6.73 Å². The van der Waals surface area contributed by atoms with E-state index in [1.165, 1.54) is 0 Å². The number of ether oxygens (including phenoxy) is 3. The second-order valence-corrected chi connectivity index (χ2v) is 9.07. The second kappa shape index (κ2) is 24.3. The fraction of sp³-hybridized carbons (Fsp3) is 1.00. The maximum Gasteiger partial charge on any atom is 0.152 e. The van der Waals surface area contributed by atoms with Crippen molar-refractivity contribution >= 4 is 9.84 Å². The van der Waals surface area contributed by atoms with E-state index >= 15 is 0 Å². The molecule has 0 amide bonds. The number of sulfone groups is 1. The van der Waals surface area contributed by atoms with Gasteiger partial charge in [0.05, 0.1) is 37.9 Å². The molecule has 0 unspecified atom stereocenters. The molecule has 2 rings (SSSR count). The highest BCUT2D eigenvalue weighted by molar-refractivity contribution is 7.91. The summed E-state index contributed by atoms with van der Waals surface area (Å²) in [5.41, 5.74) is 0. The third-order valence-electron chi connectivity index (χ3n) is 4.08. The molecule has 0 aromatic heterocycles. The summed E-state index contributed by atoms with van der Waals surface area (Å²) >= 11 is 0. The lowest BCUT2D eigenvalue weighted by atomic mass is 10.4. The molecule has 0 radical (unpaired) electrons. The Balaban J connectivity index is -0.000000376. The van der Waals surface area contributed by atoms with Crippen molar-refractivity contribution in [3.63, 3.8) is 0 Å². The summed E-state index contributed by atoms with van der Waals surface area (Å²) in [7, 11) is 4.27. The Morgan fingerprint density at radius 3 is 1.65 bits per heavy atom. The van der Waals surface area contributed by atoms with E-state index < -0.39 is 9.84 Å². The topological polar surface area (TPSA) is 101 Å². The Labute approximate surface area is 191 Å². The van der Waals surface area contributed by atoms with E-state index in [1.807, 2.05) is 13.8 Å². The molecule has 2 aliphatic rings. The van der Waals surface area contributed by atoms with Crippen molar-refractivity contribution in [3.05, 3.63) is 0 Å². The third kappa shape index (κ3) is 24.1. The smallest absolute Gasteiger partial charge is 0.152 e. The molecule has 10 nitrogen and oxygen atoms in total. The van der Waals surface area contributed by atoms with Crippen molar-refractivity contribution in [2.45, 2.75) is 21.3 Å². The Morgan fingerprint density at radius 1 is 0.903 bits per heavy atom. The summed E-state index contributed by atoms with van der Waals surface area (Å²) < 4.78 is 37.1. The van der Waals surface area contributed by atoms with Gasteiger partial charge in [-0.15, -0.1) is 0 Å². The Morgan fingerprint density at radius 2 is 1.32 bits per heavy atom. The first kappa shape index (κ1) is 35.2. The van der Waals surface area contributed by atoms with E-state index in [0.29, 0.717) is 31.2 Å². The highest BCUT2D eigenvalue weighted by atomic mass is 32.2. The van der Waals surface area contributed by atoms with Crippen molar-refractivity contribution in [3.8, 4) is 0 Å². The predicted octanol–water partition coefficient (Wildman–Crippen LogP) is 0.986. The SMILES string of the molecule is C.CC.CN(C)COO.COCCN1CCOCC1.COCCN1CCS(=O)(=O)CC1. The monoisotopic (exact) mass is 475 g/mol. The van der Waals surface area contributed by atoms with Crippen LogP contribution in [0.2, 0.25) is 0 Å². The van der Waals surface area contributed by atoms with Crippen LogP contribution in [0.4, 0.5) is 0 Å². The quantitative estimate of drug-likeness (QED) is 0.311. The third-order valence-corrected chi connectivity index (χ3v) is 5.69. The highest BCUT2D eigenvalue weighted by Gasteiger charge is 2.20. The highest BCUT2D eigenvalue weighted by Crippen LogP contribution is 2.02. The van der Waals surface area contributed by atoms with Crippen LogP contribution in [0.1, 0.15) is 21.3 Å². The molecular formula is C20H49N3O7S. The first-order valence-corrected chi connectivity index (χ1v) is 12.3. The van der Waals surface area contributed by atoms with Gasteiger partial charge in [0, 0.05) is 53.5 Å². The van der Waals surface area contributed by atoms with E-state index in [4.69, 9.17) is 19.5 Å². The summed E-state index contributed by atoms with van der Waals surface area (Å²) in [4.78, 5) is 9.91. The van der Waals surface area contributed by atoms with E-state index in [-0.39, 0.29) is 14.2 Å². The fourth-order valence-electron chi connectivity index (χ4n) is 2.35. The van der Waals surface area contributed by atoms with Crippen LogP contribution in [0.3, 0.4) is 0 Å². The molecule has 0 spiro atoms. The molecule has 2 heterocycles. The standard InChI is InChI=1S/C7H15NO3S.C7H15NO2.C3H9NO2.C2H6.CH4/c1-11-5-2-8-3-6-12(9,10)7-4-8;1-9-5-2-8-3-6-10-7-4-8;1-4(2)3-6-5;1-2;/h2-7H2,1H3;2-7H2,1H3;5H,3H2,1-2H3;1-2H3;1H4. The molecule has 192 valence electrons. The largest absolute Gasteiger partial charge is 0.383 e. The van der Waals surface area contributed by atoms with Crippen molar-refractivity contribution in [1.29, 1.82) is 0 Å². The van der Waals surface area contributed by atoms with Crippen LogP contribution in [-0.2, 0) is 28.9 Å². The van der Waals surface area contributed by atoms with Gasteiger partial charge < -0.3 is 14.2 Å². The van der Waals surface area contributed by atoms with E-state index in [1.54, 1.807) is 33.2 Å². The average molecular weight is 476 g/mol.